The van der Waals surface area contributed by atoms with Gasteiger partial charge in [0.25, 0.3) is 5.91 Å². The lowest BCUT2D eigenvalue weighted by atomic mass is 10.3. The van der Waals surface area contributed by atoms with Gasteiger partial charge in [-0.25, -0.2) is 21.6 Å². The first-order chi connectivity index (χ1) is 13.3. The molecule has 1 amide bonds. The highest BCUT2D eigenvalue weighted by atomic mass is 32.2. The second-order valence-corrected chi connectivity index (χ2v) is 8.28. The molecule has 10 heteroatoms. The quantitative estimate of drug-likeness (QED) is 0.754. The van der Waals surface area contributed by atoms with Crippen molar-refractivity contribution in [3.05, 3.63) is 59.9 Å². The Labute approximate surface area is 160 Å². The minimum absolute atomic E-state index is 0.0123. The van der Waals surface area contributed by atoms with Crippen LogP contribution in [0.15, 0.2) is 47.4 Å². The number of hydrogen-bond donors (Lipinski definition) is 2. The minimum atomic E-state index is -4.31. The highest BCUT2D eigenvalue weighted by molar-refractivity contribution is 7.89. The van der Waals surface area contributed by atoms with Crippen LogP contribution in [0.3, 0.4) is 0 Å². The molecule has 0 saturated carbocycles. The Balaban J connectivity index is 1.60. The van der Waals surface area contributed by atoms with Gasteiger partial charge in [0.1, 0.15) is 17.5 Å². The largest absolute Gasteiger partial charge is 0.325 e. The smallest absolute Gasteiger partial charge is 0.279 e. The molecule has 1 aliphatic heterocycles. The van der Waals surface area contributed by atoms with E-state index in [0.717, 1.165) is 27.4 Å². The van der Waals surface area contributed by atoms with Gasteiger partial charge in [0.15, 0.2) is 11.4 Å². The molecular formula is C18H19F3N3O3S+. The maximum atomic E-state index is 13.9. The Morgan fingerprint density at radius 3 is 2.14 bits per heavy atom. The fourth-order valence-corrected chi connectivity index (χ4v) is 4.61. The van der Waals surface area contributed by atoms with Crippen LogP contribution in [0.1, 0.15) is 0 Å². The van der Waals surface area contributed by atoms with E-state index in [0.29, 0.717) is 0 Å². The number of piperazine rings is 1. The van der Waals surface area contributed by atoms with Crippen LogP contribution in [0.25, 0.3) is 0 Å². The second kappa shape index (κ2) is 8.29. The summed E-state index contributed by atoms with van der Waals surface area (Å²) < 4.78 is 67.4. The first-order valence-electron chi connectivity index (χ1n) is 8.61. The number of hydrogen-bond acceptors (Lipinski definition) is 3. The molecule has 6 nitrogen and oxygen atoms in total. The van der Waals surface area contributed by atoms with E-state index in [1.54, 1.807) is 6.07 Å². The number of rotatable bonds is 5. The van der Waals surface area contributed by atoms with Gasteiger partial charge < -0.3 is 10.2 Å². The van der Waals surface area contributed by atoms with Gasteiger partial charge in [-0.15, -0.1) is 0 Å². The Kier molecular flexibility index (Phi) is 6.01. The number of carbonyl (C=O) groups is 1. The van der Waals surface area contributed by atoms with Crippen LogP contribution < -0.4 is 10.2 Å². The lowest BCUT2D eigenvalue weighted by Crippen LogP contribution is -3.15. The zero-order valence-electron chi connectivity index (χ0n) is 14.8. The van der Waals surface area contributed by atoms with Gasteiger partial charge in [-0.1, -0.05) is 18.2 Å². The molecule has 0 spiro atoms. The molecule has 28 heavy (non-hydrogen) atoms. The molecule has 0 radical (unpaired) electrons. The SMILES string of the molecule is O=C(C[NH+]1CCN(S(=O)(=O)c2c(F)cccc2F)CC1)Nc1ccccc1F. The van der Waals surface area contributed by atoms with E-state index in [-0.39, 0.29) is 38.4 Å². The van der Waals surface area contributed by atoms with Crippen LogP contribution in [0.2, 0.25) is 0 Å². The predicted molar refractivity (Wildman–Crippen MR) is 95.7 cm³/mol. The van der Waals surface area contributed by atoms with Gasteiger partial charge >= 0.3 is 0 Å². The van der Waals surface area contributed by atoms with Gasteiger partial charge in [0.05, 0.1) is 31.9 Å². The molecule has 1 fully saturated rings. The molecule has 0 bridgehead atoms. The summed E-state index contributed by atoms with van der Waals surface area (Å²) in [5.74, 6) is -3.23. The highest BCUT2D eigenvalue weighted by Gasteiger charge is 2.34. The highest BCUT2D eigenvalue weighted by Crippen LogP contribution is 2.22. The Bertz CT molecular complexity index is 957. The van der Waals surface area contributed by atoms with Crippen LogP contribution in [0, 0.1) is 17.5 Å². The number of halogens is 3. The van der Waals surface area contributed by atoms with Crippen molar-refractivity contribution in [1.82, 2.24) is 4.31 Å². The standard InChI is InChI=1S/C18H18F3N3O3S/c19-13-4-1-2-7-16(13)22-17(25)12-23-8-10-24(11-9-23)28(26,27)18-14(20)5-3-6-15(18)21/h1-7H,8-12H2,(H,22,25)/p+1. The van der Waals surface area contributed by atoms with Crippen molar-refractivity contribution in [3.63, 3.8) is 0 Å². The van der Waals surface area contributed by atoms with Crippen molar-refractivity contribution in [2.45, 2.75) is 4.90 Å². The molecule has 0 aromatic heterocycles. The molecule has 1 heterocycles. The normalized spacial score (nSPS) is 16.1. The number of nitrogens with zero attached hydrogens (tertiary/aromatic N) is 1. The molecule has 2 aromatic carbocycles. The summed E-state index contributed by atoms with van der Waals surface area (Å²) in [5.41, 5.74) is 0.0724. The van der Waals surface area contributed by atoms with E-state index in [1.165, 1.54) is 18.2 Å². The van der Waals surface area contributed by atoms with Crippen molar-refractivity contribution in [1.29, 1.82) is 0 Å². The molecular weight excluding hydrogens is 395 g/mol. The number of carbonyl (C=O) groups excluding carboxylic acids is 1. The average molecular weight is 414 g/mol. The molecule has 1 aliphatic rings. The summed E-state index contributed by atoms with van der Waals surface area (Å²) in [4.78, 5) is 11.9. The van der Waals surface area contributed by atoms with E-state index in [4.69, 9.17) is 0 Å². The molecule has 1 saturated heterocycles. The van der Waals surface area contributed by atoms with Crippen LogP contribution in [0.5, 0.6) is 0 Å². The molecule has 2 aromatic rings. The van der Waals surface area contributed by atoms with E-state index in [1.807, 2.05) is 0 Å². The lowest BCUT2D eigenvalue weighted by Gasteiger charge is -2.31. The molecule has 0 unspecified atom stereocenters. The molecule has 3 rings (SSSR count). The monoisotopic (exact) mass is 414 g/mol. The van der Waals surface area contributed by atoms with Gasteiger partial charge in [-0.2, -0.15) is 4.31 Å². The van der Waals surface area contributed by atoms with E-state index in [2.05, 4.69) is 5.32 Å². The summed E-state index contributed by atoms with van der Waals surface area (Å²) in [7, 11) is -4.31. The predicted octanol–water partition coefficient (Wildman–Crippen LogP) is 0.632. The molecule has 150 valence electrons. The first-order valence-corrected chi connectivity index (χ1v) is 10.0. The summed E-state index contributed by atoms with van der Waals surface area (Å²) in [5, 5.41) is 2.47. The topological polar surface area (TPSA) is 70.9 Å². The van der Waals surface area contributed by atoms with E-state index in [9.17, 15) is 26.4 Å². The Morgan fingerprint density at radius 2 is 1.54 bits per heavy atom. The fraction of sp³-hybridized carbons (Fsp3) is 0.278. The van der Waals surface area contributed by atoms with Crippen LogP contribution in [-0.2, 0) is 14.8 Å². The van der Waals surface area contributed by atoms with Crippen LogP contribution in [-0.4, -0.2) is 51.4 Å². The van der Waals surface area contributed by atoms with Crippen LogP contribution in [0.4, 0.5) is 18.9 Å². The van der Waals surface area contributed by atoms with Crippen molar-refractivity contribution in [3.8, 4) is 0 Å². The Morgan fingerprint density at radius 1 is 0.964 bits per heavy atom. The second-order valence-electron chi connectivity index (χ2n) is 6.41. The number of amides is 1. The van der Waals surface area contributed by atoms with Crippen molar-refractivity contribution < 1.29 is 31.3 Å². The zero-order chi connectivity index (χ0) is 20.3. The summed E-state index contributed by atoms with van der Waals surface area (Å²) in [6, 6.07) is 8.66. The number of anilines is 1. The number of quaternary nitrogens is 1. The third-order valence-electron chi connectivity index (χ3n) is 4.50. The first kappa shape index (κ1) is 20.3. The number of benzene rings is 2. The Hall–Kier alpha value is -2.43. The van der Waals surface area contributed by atoms with Crippen molar-refractivity contribution >= 4 is 21.6 Å². The average Bonchev–Trinajstić information content (AvgIpc) is 2.64. The third-order valence-corrected chi connectivity index (χ3v) is 6.46. The van der Waals surface area contributed by atoms with E-state index >= 15 is 0 Å². The van der Waals surface area contributed by atoms with Gasteiger partial charge in [-0.3, -0.25) is 4.79 Å². The zero-order valence-corrected chi connectivity index (χ0v) is 15.6. The lowest BCUT2D eigenvalue weighted by molar-refractivity contribution is -0.895. The minimum Gasteiger partial charge on any atom is -0.325 e. The van der Waals surface area contributed by atoms with Gasteiger partial charge in [-0.05, 0) is 24.3 Å². The number of sulfonamides is 1. The number of nitrogens with one attached hydrogen (secondary N) is 2. The fourth-order valence-electron chi connectivity index (χ4n) is 3.06. The summed E-state index contributed by atoms with van der Waals surface area (Å²) >= 11 is 0. The summed E-state index contributed by atoms with van der Waals surface area (Å²) in [6.45, 7) is 0.604. The summed E-state index contributed by atoms with van der Waals surface area (Å²) in [6.07, 6.45) is 0. The van der Waals surface area contributed by atoms with Crippen LogP contribution >= 0.6 is 0 Å². The maximum Gasteiger partial charge on any atom is 0.279 e. The van der Waals surface area contributed by atoms with E-state index < -0.39 is 38.3 Å². The van der Waals surface area contributed by atoms with Gasteiger partial charge in [0, 0.05) is 0 Å². The number of para-hydroxylation sites is 1. The van der Waals surface area contributed by atoms with Crippen molar-refractivity contribution in [2.24, 2.45) is 0 Å². The molecule has 0 aliphatic carbocycles. The molecule has 2 N–H and O–H groups in total. The third kappa shape index (κ3) is 4.34. The maximum absolute atomic E-state index is 13.9. The molecule has 0 atom stereocenters. The van der Waals surface area contributed by atoms with Gasteiger partial charge in [0.2, 0.25) is 10.0 Å². The van der Waals surface area contributed by atoms with Crippen molar-refractivity contribution in [2.75, 3.05) is 38.0 Å².